The van der Waals surface area contributed by atoms with Gasteiger partial charge in [-0.25, -0.2) is 4.79 Å². The van der Waals surface area contributed by atoms with Gasteiger partial charge in [0.1, 0.15) is 5.75 Å². The average molecular weight is 246 g/mol. The third kappa shape index (κ3) is 1.70. The second-order valence-corrected chi connectivity index (χ2v) is 4.81. The van der Waals surface area contributed by atoms with Crippen LogP contribution in [-0.4, -0.2) is 17.7 Å². The van der Waals surface area contributed by atoms with Gasteiger partial charge in [-0.3, -0.25) is 0 Å². The van der Waals surface area contributed by atoms with Crippen LogP contribution >= 0.6 is 11.3 Å². The first-order chi connectivity index (χ1) is 8.25. The Morgan fingerprint density at radius 3 is 3.06 bits per heavy atom. The Morgan fingerprint density at radius 2 is 2.29 bits per heavy atom. The van der Waals surface area contributed by atoms with Gasteiger partial charge in [-0.1, -0.05) is 12.1 Å². The van der Waals surface area contributed by atoms with Crippen LogP contribution in [0.2, 0.25) is 0 Å². The Morgan fingerprint density at radius 1 is 1.41 bits per heavy atom. The molecular formula is C13H10O3S. The molecule has 2 heterocycles. The molecule has 2 aromatic rings. The fourth-order valence-corrected chi connectivity index (χ4v) is 2.90. The van der Waals surface area contributed by atoms with E-state index in [1.54, 1.807) is 11.4 Å². The predicted molar refractivity (Wildman–Crippen MR) is 65.9 cm³/mol. The van der Waals surface area contributed by atoms with E-state index in [9.17, 15) is 4.79 Å². The molecule has 0 saturated heterocycles. The van der Waals surface area contributed by atoms with Crippen LogP contribution in [0, 0.1) is 0 Å². The van der Waals surface area contributed by atoms with Crippen LogP contribution in [0.3, 0.4) is 0 Å². The first kappa shape index (κ1) is 10.4. The Labute approximate surface area is 102 Å². The highest BCUT2D eigenvalue weighted by Gasteiger charge is 2.18. The normalized spacial score (nSPS) is 13.2. The number of hydrogen-bond donors (Lipinski definition) is 1. The summed E-state index contributed by atoms with van der Waals surface area (Å²) in [5.74, 6) is 0.0206. The van der Waals surface area contributed by atoms with Gasteiger partial charge in [0.05, 0.1) is 12.2 Å². The molecule has 0 saturated carbocycles. The molecule has 0 atom stereocenters. The van der Waals surface area contributed by atoms with Gasteiger partial charge in [-0.15, -0.1) is 11.3 Å². The van der Waals surface area contributed by atoms with Crippen LogP contribution < -0.4 is 4.74 Å². The average Bonchev–Trinajstić information content (AvgIpc) is 2.97. The van der Waals surface area contributed by atoms with Crippen molar-refractivity contribution in [3.8, 4) is 16.2 Å². The minimum absolute atomic E-state index is 0.334. The van der Waals surface area contributed by atoms with Gasteiger partial charge >= 0.3 is 5.97 Å². The zero-order chi connectivity index (χ0) is 11.8. The van der Waals surface area contributed by atoms with Crippen LogP contribution in [0.15, 0.2) is 29.6 Å². The van der Waals surface area contributed by atoms with Crippen molar-refractivity contribution < 1.29 is 14.6 Å². The third-order valence-electron chi connectivity index (χ3n) is 2.83. The lowest BCUT2D eigenvalue weighted by Gasteiger charge is -2.05. The molecule has 3 rings (SSSR count). The first-order valence-electron chi connectivity index (χ1n) is 5.32. The van der Waals surface area contributed by atoms with E-state index in [0.29, 0.717) is 12.2 Å². The van der Waals surface area contributed by atoms with Gasteiger partial charge in [-0.05, 0) is 17.7 Å². The van der Waals surface area contributed by atoms with Gasteiger partial charge in [0.2, 0.25) is 0 Å². The van der Waals surface area contributed by atoms with E-state index in [0.717, 1.165) is 22.6 Å². The van der Waals surface area contributed by atoms with Crippen molar-refractivity contribution in [2.45, 2.75) is 6.42 Å². The Bertz CT molecular complexity index is 586. The maximum Gasteiger partial charge on any atom is 0.336 e. The summed E-state index contributed by atoms with van der Waals surface area (Å²) in [7, 11) is 0. The van der Waals surface area contributed by atoms with Crippen molar-refractivity contribution in [2.24, 2.45) is 0 Å². The molecule has 1 N–H and O–H groups in total. The smallest absolute Gasteiger partial charge is 0.336 e. The molecule has 0 radical (unpaired) electrons. The number of rotatable bonds is 2. The number of aromatic carboxylic acids is 1. The highest BCUT2D eigenvalue weighted by atomic mass is 32.1. The molecule has 0 bridgehead atoms. The summed E-state index contributed by atoms with van der Waals surface area (Å²) in [6, 6.07) is 7.71. The topological polar surface area (TPSA) is 46.5 Å². The Kier molecular flexibility index (Phi) is 2.37. The van der Waals surface area contributed by atoms with E-state index in [2.05, 4.69) is 6.07 Å². The summed E-state index contributed by atoms with van der Waals surface area (Å²) >= 11 is 1.44. The van der Waals surface area contributed by atoms with Gasteiger partial charge in [0, 0.05) is 22.2 Å². The minimum atomic E-state index is -0.888. The number of carbonyl (C=O) groups is 1. The molecule has 4 heteroatoms. The van der Waals surface area contributed by atoms with E-state index >= 15 is 0 Å². The van der Waals surface area contributed by atoms with Crippen molar-refractivity contribution in [1.82, 2.24) is 0 Å². The second kappa shape index (κ2) is 3.89. The summed E-state index contributed by atoms with van der Waals surface area (Å²) in [6.07, 6.45) is 0.931. The SMILES string of the molecule is O=C(O)c1csc(-c2cccc3c2OCC3)c1. The van der Waals surface area contributed by atoms with E-state index < -0.39 is 5.97 Å². The monoisotopic (exact) mass is 246 g/mol. The van der Waals surface area contributed by atoms with E-state index in [1.165, 1.54) is 16.9 Å². The largest absolute Gasteiger partial charge is 0.492 e. The summed E-state index contributed by atoms with van der Waals surface area (Å²) in [5, 5.41) is 10.6. The number of hydrogen-bond acceptors (Lipinski definition) is 3. The molecule has 3 nitrogen and oxygen atoms in total. The van der Waals surface area contributed by atoms with Crippen molar-refractivity contribution in [3.05, 3.63) is 40.8 Å². The lowest BCUT2D eigenvalue weighted by Crippen LogP contribution is -1.91. The molecule has 0 amide bonds. The number of benzene rings is 1. The molecule has 0 unspecified atom stereocenters. The number of ether oxygens (including phenoxy) is 1. The number of carboxylic acid groups (broad SMARTS) is 1. The molecular weight excluding hydrogens is 236 g/mol. The maximum atomic E-state index is 10.9. The van der Waals surface area contributed by atoms with E-state index in [-0.39, 0.29) is 0 Å². The van der Waals surface area contributed by atoms with Crippen molar-refractivity contribution >= 4 is 17.3 Å². The standard InChI is InChI=1S/C13H10O3S/c14-13(15)9-6-11(17-7-9)10-3-1-2-8-4-5-16-12(8)10/h1-3,6-7H,4-5H2,(H,14,15). The van der Waals surface area contributed by atoms with Gasteiger partial charge in [-0.2, -0.15) is 0 Å². The van der Waals surface area contributed by atoms with Crippen LogP contribution in [0.4, 0.5) is 0 Å². The fraction of sp³-hybridized carbons (Fsp3) is 0.154. The van der Waals surface area contributed by atoms with Crippen LogP contribution in [-0.2, 0) is 6.42 Å². The zero-order valence-electron chi connectivity index (χ0n) is 8.97. The van der Waals surface area contributed by atoms with Gasteiger partial charge in [0.25, 0.3) is 0 Å². The Balaban J connectivity index is 2.09. The molecule has 1 aliphatic heterocycles. The summed E-state index contributed by atoms with van der Waals surface area (Å²) in [5.41, 5.74) is 2.53. The Hall–Kier alpha value is -1.81. The number of thiophene rings is 1. The van der Waals surface area contributed by atoms with Crippen molar-refractivity contribution in [3.63, 3.8) is 0 Å². The van der Waals surface area contributed by atoms with Crippen molar-refractivity contribution in [2.75, 3.05) is 6.61 Å². The molecule has 1 aromatic carbocycles. The molecule has 1 aliphatic rings. The number of carboxylic acids is 1. The zero-order valence-corrected chi connectivity index (χ0v) is 9.79. The summed E-state index contributed by atoms with van der Waals surface area (Å²) in [4.78, 5) is 11.8. The fourth-order valence-electron chi connectivity index (χ4n) is 2.00. The molecule has 17 heavy (non-hydrogen) atoms. The second-order valence-electron chi connectivity index (χ2n) is 3.90. The van der Waals surface area contributed by atoms with Crippen molar-refractivity contribution in [1.29, 1.82) is 0 Å². The lowest BCUT2D eigenvalue weighted by molar-refractivity contribution is 0.0697. The number of fused-ring (bicyclic) bond motifs is 1. The predicted octanol–water partition coefficient (Wildman–Crippen LogP) is 3.05. The highest BCUT2D eigenvalue weighted by Crippen LogP contribution is 2.39. The van der Waals surface area contributed by atoms with Gasteiger partial charge < -0.3 is 9.84 Å². The molecule has 86 valence electrons. The molecule has 1 aromatic heterocycles. The maximum absolute atomic E-state index is 10.9. The third-order valence-corrected chi connectivity index (χ3v) is 3.79. The molecule has 0 fully saturated rings. The molecule has 0 spiro atoms. The number of para-hydroxylation sites is 1. The van der Waals surface area contributed by atoms with E-state index in [1.807, 2.05) is 12.1 Å². The lowest BCUT2D eigenvalue weighted by atomic mass is 10.1. The highest BCUT2D eigenvalue weighted by molar-refractivity contribution is 7.13. The minimum Gasteiger partial charge on any atom is -0.492 e. The van der Waals surface area contributed by atoms with Crippen LogP contribution in [0.1, 0.15) is 15.9 Å². The van der Waals surface area contributed by atoms with Crippen LogP contribution in [0.25, 0.3) is 10.4 Å². The van der Waals surface area contributed by atoms with Crippen LogP contribution in [0.5, 0.6) is 5.75 Å². The summed E-state index contributed by atoms with van der Waals surface area (Å²) < 4.78 is 5.61. The quantitative estimate of drug-likeness (QED) is 0.885. The summed E-state index contributed by atoms with van der Waals surface area (Å²) in [6.45, 7) is 0.712. The van der Waals surface area contributed by atoms with E-state index in [4.69, 9.17) is 9.84 Å². The van der Waals surface area contributed by atoms with Gasteiger partial charge in [0.15, 0.2) is 0 Å². The molecule has 0 aliphatic carbocycles. The first-order valence-corrected chi connectivity index (χ1v) is 6.20.